The van der Waals surface area contributed by atoms with Crippen molar-refractivity contribution in [3.05, 3.63) is 192 Å². The fourth-order valence-corrected chi connectivity index (χ4v) is 8.61. The summed E-state index contributed by atoms with van der Waals surface area (Å²) in [7, 11) is 6.23. The van der Waals surface area contributed by atoms with Gasteiger partial charge in [-0.3, -0.25) is 4.99 Å². The average Bonchev–Trinajstić information content (AvgIpc) is 3.52. The molecule has 3 aliphatic carbocycles. The second kappa shape index (κ2) is 15.0. The van der Waals surface area contributed by atoms with Gasteiger partial charge in [-0.1, -0.05) is 152 Å². The van der Waals surface area contributed by atoms with Crippen molar-refractivity contribution in [1.29, 1.82) is 0 Å². The van der Waals surface area contributed by atoms with Gasteiger partial charge in [-0.25, -0.2) is 4.99 Å². The zero-order valence-corrected chi connectivity index (χ0v) is 31.3. The number of aliphatic imine (C=N–C) groups is 2. The molecule has 0 saturated carbocycles. The first kappa shape index (κ1) is 34.9. The lowest BCUT2D eigenvalue weighted by molar-refractivity contribution is 0.457. The number of para-hydroxylation sites is 1. The maximum atomic E-state index is 6.62. The van der Waals surface area contributed by atoms with Crippen LogP contribution in [0, 0.1) is 11.8 Å². The van der Waals surface area contributed by atoms with Crippen LogP contribution in [0.2, 0.25) is 0 Å². The highest BCUT2D eigenvalue weighted by molar-refractivity contribution is 6.07. The van der Waals surface area contributed by atoms with Crippen LogP contribution in [0.4, 0.5) is 11.4 Å². The molecule has 268 valence electrons. The van der Waals surface area contributed by atoms with Gasteiger partial charge in [0.25, 0.3) is 0 Å². The van der Waals surface area contributed by atoms with Gasteiger partial charge in [-0.15, -0.1) is 0 Å². The van der Waals surface area contributed by atoms with Gasteiger partial charge in [0.1, 0.15) is 5.84 Å². The number of nitrogens with two attached hydrogens (primary N) is 1. The van der Waals surface area contributed by atoms with Crippen LogP contribution in [-0.2, 0) is 12.0 Å². The first-order valence-electron chi connectivity index (χ1n) is 18.9. The Morgan fingerprint density at radius 1 is 0.741 bits per heavy atom. The molecule has 0 bridgehead atoms. The number of fused-ring (bicyclic) bond motifs is 3. The highest BCUT2D eigenvalue weighted by Gasteiger charge is 2.49. The lowest BCUT2D eigenvalue weighted by Gasteiger charge is -2.40. The van der Waals surface area contributed by atoms with E-state index in [1.807, 2.05) is 31.3 Å². The minimum absolute atomic E-state index is 0.0610. The average molecular weight is 706 g/mol. The third-order valence-corrected chi connectivity index (χ3v) is 11.1. The highest BCUT2D eigenvalue weighted by atomic mass is 15.1. The number of hydrogen-bond acceptors (Lipinski definition) is 3. The standard InChI is InChI=1S/C49H47N5/c1-51-45-26-16-25-40(46(45)54(2)3)37-28-30-42-41-29-27-34(33-52-48(36-19-10-5-11-20-36)53-47(50)35-17-8-4-9-18-35)31-43(41)49(44(42)32-37,38-21-12-6-13-22-38)39-23-14-7-15-24-39/h4-17,19-23,25-32,35,39,51H,18,24,33H2,1-3H3,(H2,50,52,53). The maximum Gasteiger partial charge on any atom is 0.156 e. The van der Waals surface area contributed by atoms with Gasteiger partial charge in [0.2, 0.25) is 0 Å². The Morgan fingerprint density at radius 2 is 1.44 bits per heavy atom. The topological polar surface area (TPSA) is 66.0 Å². The lowest BCUT2D eigenvalue weighted by atomic mass is 9.62. The molecule has 54 heavy (non-hydrogen) atoms. The van der Waals surface area contributed by atoms with Crippen molar-refractivity contribution < 1.29 is 0 Å². The molecule has 0 fully saturated rings. The van der Waals surface area contributed by atoms with Crippen molar-refractivity contribution in [3.63, 3.8) is 0 Å². The highest BCUT2D eigenvalue weighted by Crippen LogP contribution is 2.59. The first-order valence-corrected chi connectivity index (χ1v) is 18.9. The van der Waals surface area contributed by atoms with E-state index in [0.717, 1.165) is 29.7 Å². The molecule has 0 aromatic heterocycles. The molecule has 5 heteroatoms. The predicted molar refractivity (Wildman–Crippen MR) is 229 cm³/mol. The van der Waals surface area contributed by atoms with E-state index in [9.17, 15) is 0 Å². The van der Waals surface area contributed by atoms with Gasteiger partial charge in [0.05, 0.1) is 23.3 Å². The minimum atomic E-state index is -0.423. The molecule has 3 atom stereocenters. The van der Waals surface area contributed by atoms with Crippen LogP contribution in [0.25, 0.3) is 22.3 Å². The van der Waals surface area contributed by atoms with Crippen LogP contribution in [0.15, 0.2) is 174 Å². The molecule has 3 N–H and O–H groups in total. The summed E-state index contributed by atoms with van der Waals surface area (Å²) < 4.78 is 0. The van der Waals surface area contributed by atoms with Crippen molar-refractivity contribution in [2.45, 2.75) is 24.8 Å². The quantitative estimate of drug-likeness (QED) is 0.119. The van der Waals surface area contributed by atoms with Gasteiger partial charge in [0.15, 0.2) is 5.84 Å². The summed E-state index contributed by atoms with van der Waals surface area (Å²) in [6.07, 6.45) is 19.2. The van der Waals surface area contributed by atoms with Gasteiger partial charge < -0.3 is 16.0 Å². The van der Waals surface area contributed by atoms with E-state index in [1.54, 1.807) is 0 Å². The zero-order chi connectivity index (χ0) is 37.1. The van der Waals surface area contributed by atoms with E-state index in [0.29, 0.717) is 18.2 Å². The number of amidine groups is 2. The summed E-state index contributed by atoms with van der Waals surface area (Å²) in [5.41, 5.74) is 19.5. The van der Waals surface area contributed by atoms with Crippen LogP contribution in [0.3, 0.4) is 0 Å². The molecular weight excluding hydrogens is 659 g/mol. The van der Waals surface area contributed by atoms with Crippen molar-refractivity contribution in [2.75, 3.05) is 31.4 Å². The molecule has 0 heterocycles. The second-order valence-corrected chi connectivity index (χ2v) is 14.5. The van der Waals surface area contributed by atoms with Crippen LogP contribution >= 0.6 is 0 Å². The molecule has 5 aromatic rings. The SMILES string of the molecule is CNc1cccc(-c2ccc3c(c2)C(c2ccccc2)(C2C=CC=CC2)c2cc(CN=C(N=C(N)C4C=CC=CC4)c4ccccc4)ccc2-3)c1N(C)C. The number of nitrogens with one attached hydrogen (secondary N) is 1. The molecule has 5 nitrogen and oxygen atoms in total. The summed E-state index contributed by atoms with van der Waals surface area (Å²) in [6, 6.07) is 41.9. The Bertz CT molecular complexity index is 2340. The van der Waals surface area contributed by atoms with Crippen LogP contribution < -0.4 is 16.0 Å². The number of benzene rings is 5. The smallest absolute Gasteiger partial charge is 0.156 e. The number of nitrogens with zero attached hydrogens (tertiary/aromatic N) is 3. The molecular formula is C49H47N5. The molecule has 3 aliphatic rings. The summed E-state index contributed by atoms with van der Waals surface area (Å²) in [4.78, 5) is 12.3. The molecule has 0 amide bonds. The lowest BCUT2D eigenvalue weighted by Crippen LogP contribution is -2.35. The number of anilines is 2. The fraction of sp³-hybridized carbons (Fsp3) is 0.184. The Labute approximate surface area is 319 Å². The molecule has 8 rings (SSSR count). The minimum Gasteiger partial charge on any atom is -0.387 e. The zero-order valence-electron chi connectivity index (χ0n) is 31.3. The summed E-state index contributed by atoms with van der Waals surface area (Å²) in [5, 5.41) is 3.42. The third-order valence-electron chi connectivity index (χ3n) is 11.1. The van der Waals surface area contributed by atoms with E-state index >= 15 is 0 Å². The predicted octanol–water partition coefficient (Wildman–Crippen LogP) is 10.3. The largest absolute Gasteiger partial charge is 0.387 e. The molecule has 0 saturated heterocycles. The van der Waals surface area contributed by atoms with E-state index in [-0.39, 0.29) is 11.8 Å². The summed E-state index contributed by atoms with van der Waals surface area (Å²) in [5.74, 6) is 1.50. The van der Waals surface area contributed by atoms with E-state index in [2.05, 4.69) is 164 Å². The summed E-state index contributed by atoms with van der Waals surface area (Å²) >= 11 is 0. The number of rotatable bonds is 9. The Kier molecular flexibility index (Phi) is 9.71. The number of hydrogen-bond donors (Lipinski definition) is 2. The molecule has 0 aliphatic heterocycles. The van der Waals surface area contributed by atoms with Crippen molar-refractivity contribution >= 4 is 23.0 Å². The summed E-state index contributed by atoms with van der Waals surface area (Å²) in [6.45, 7) is 0.477. The van der Waals surface area contributed by atoms with E-state index < -0.39 is 5.41 Å². The Morgan fingerprint density at radius 3 is 2.13 bits per heavy atom. The van der Waals surface area contributed by atoms with Crippen molar-refractivity contribution in [1.82, 2.24) is 0 Å². The molecule has 3 unspecified atom stereocenters. The second-order valence-electron chi connectivity index (χ2n) is 14.5. The van der Waals surface area contributed by atoms with E-state index in [4.69, 9.17) is 15.7 Å². The third kappa shape index (κ3) is 6.30. The molecule has 5 aromatic carbocycles. The van der Waals surface area contributed by atoms with Crippen LogP contribution in [-0.4, -0.2) is 32.8 Å². The van der Waals surface area contributed by atoms with Gasteiger partial charge >= 0.3 is 0 Å². The molecule has 0 spiro atoms. The normalized spacial score (nSPS) is 20.1. The monoisotopic (exact) mass is 705 g/mol. The number of allylic oxidation sites excluding steroid dienone is 7. The van der Waals surface area contributed by atoms with Crippen molar-refractivity contribution in [3.8, 4) is 22.3 Å². The Hall–Kier alpha value is -6.20. The maximum absolute atomic E-state index is 6.62. The molecule has 0 radical (unpaired) electrons. The van der Waals surface area contributed by atoms with Crippen LogP contribution in [0.1, 0.15) is 40.7 Å². The van der Waals surface area contributed by atoms with Gasteiger partial charge in [-0.2, -0.15) is 0 Å². The van der Waals surface area contributed by atoms with Crippen molar-refractivity contribution in [2.24, 2.45) is 27.6 Å². The van der Waals surface area contributed by atoms with Gasteiger partial charge in [0, 0.05) is 38.2 Å². The fourth-order valence-electron chi connectivity index (χ4n) is 8.61. The van der Waals surface area contributed by atoms with Gasteiger partial charge in [-0.05, 0) is 69.8 Å². The Balaban J connectivity index is 1.29. The van der Waals surface area contributed by atoms with E-state index in [1.165, 1.54) is 44.6 Å². The first-order chi connectivity index (χ1) is 26.5. The van der Waals surface area contributed by atoms with Crippen LogP contribution in [0.5, 0.6) is 0 Å².